The lowest BCUT2D eigenvalue weighted by molar-refractivity contribution is -0.185. The Bertz CT molecular complexity index is 313. The third kappa shape index (κ3) is 2.29. The maximum atomic E-state index is 11.7. The molecule has 0 saturated heterocycles. The number of ether oxygens (including phenoxy) is 1. The molecule has 17 heavy (non-hydrogen) atoms. The van der Waals surface area contributed by atoms with Gasteiger partial charge in [-0.25, -0.2) is 4.79 Å². The van der Waals surface area contributed by atoms with E-state index in [1.807, 2.05) is 0 Å². The first kappa shape index (κ1) is 12.4. The van der Waals surface area contributed by atoms with Crippen molar-refractivity contribution in [2.24, 2.45) is 17.8 Å². The second-order valence-electron chi connectivity index (χ2n) is 5.99. The van der Waals surface area contributed by atoms with E-state index in [1.54, 1.807) is 0 Å². The molecule has 0 atom stereocenters. The van der Waals surface area contributed by atoms with Crippen LogP contribution in [0.2, 0.25) is 0 Å². The number of esters is 1. The van der Waals surface area contributed by atoms with Crippen LogP contribution in [0.1, 0.15) is 38.5 Å². The van der Waals surface area contributed by atoms with E-state index >= 15 is 0 Å². The van der Waals surface area contributed by atoms with E-state index in [1.165, 1.54) is 19.3 Å². The number of carbonyl (C=O) groups excluding carboxylic acids is 1. The minimum atomic E-state index is -1.94. The van der Waals surface area contributed by atoms with Crippen molar-refractivity contribution < 1.29 is 9.53 Å². The van der Waals surface area contributed by atoms with E-state index in [2.05, 4.69) is 0 Å². The highest BCUT2D eigenvalue weighted by atomic mass is 35.6. The molecule has 4 rings (SSSR count). The summed E-state index contributed by atoms with van der Waals surface area (Å²) in [7, 11) is 0. The summed E-state index contributed by atoms with van der Waals surface area (Å²) >= 11 is 16.7. The van der Waals surface area contributed by atoms with Crippen molar-refractivity contribution in [3.63, 3.8) is 0 Å². The van der Waals surface area contributed by atoms with E-state index in [0.717, 1.165) is 19.3 Å². The summed E-state index contributed by atoms with van der Waals surface area (Å²) in [4.78, 5) is 11.7. The molecule has 0 spiro atoms. The monoisotopic (exact) mass is 296 g/mol. The summed E-state index contributed by atoms with van der Waals surface area (Å²) in [6.45, 7) is 0. The number of carbonyl (C=O) groups is 1. The number of alkyl halides is 3. The molecule has 4 saturated carbocycles. The normalized spacial score (nSPS) is 43.8. The Kier molecular flexibility index (Phi) is 2.85. The van der Waals surface area contributed by atoms with Gasteiger partial charge in [-0.05, 0) is 56.3 Å². The molecule has 4 aliphatic rings. The third-order valence-electron chi connectivity index (χ3n) is 4.52. The van der Waals surface area contributed by atoms with Crippen molar-refractivity contribution >= 4 is 40.8 Å². The summed E-state index contributed by atoms with van der Waals surface area (Å²) in [6, 6.07) is 0. The highest BCUT2D eigenvalue weighted by molar-refractivity contribution is 6.75. The molecule has 2 nitrogen and oxygen atoms in total. The van der Waals surface area contributed by atoms with Gasteiger partial charge in [-0.2, -0.15) is 0 Å². The molecule has 4 bridgehead atoms. The van der Waals surface area contributed by atoms with Crippen molar-refractivity contribution in [1.82, 2.24) is 0 Å². The SMILES string of the molecule is O=C(OC12CC3CC(CC(C3)C1)C2)C(Cl)(Cl)Cl. The summed E-state index contributed by atoms with van der Waals surface area (Å²) in [5, 5.41) is 0. The highest BCUT2D eigenvalue weighted by Crippen LogP contribution is 2.57. The first-order valence-electron chi connectivity index (χ1n) is 6.16. The number of hydrogen-bond acceptors (Lipinski definition) is 2. The summed E-state index contributed by atoms with van der Waals surface area (Å²) in [5.74, 6) is 1.43. The predicted molar refractivity (Wildman–Crippen MR) is 67.3 cm³/mol. The molecular formula is C12H15Cl3O2. The Labute approximate surface area is 116 Å². The lowest BCUT2D eigenvalue weighted by Gasteiger charge is -2.55. The van der Waals surface area contributed by atoms with Gasteiger partial charge in [0.2, 0.25) is 0 Å². The smallest absolute Gasteiger partial charge is 0.359 e. The Morgan fingerprint density at radius 3 is 1.76 bits per heavy atom. The molecule has 0 amide bonds. The summed E-state index contributed by atoms with van der Waals surface area (Å²) in [5.41, 5.74) is -0.324. The van der Waals surface area contributed by atoms with Crippen LogP contribution in [-0.2, 0) is 9.53 Å². The number of rotatable bonds is 1. The van der Waals surface area contributed by atoms with E-state index in [-0.39, 0.29) is 5.60 Å². The first-order chi connectivity index (χ1) is 7.86. The summed E-state index contributed by atoms with van der Waals surface area (Å²) in [6.07, 6.45) is 6.78. The van der Waals surface area contributed by atoms with Gasteiger partial charge < -0.3 is 4.74 Å². The number of hydrogen-bond donors (Lipinski definition) is 0. The second-order valence-corrected chi connectivity index (χ2v) is 8.27. The Morgan fingerprint density at radius 2 is 1.41 bits per heavy atom. The zero-order chi connectivity index (χ0) is 12.3. The van der Waals surface area contributed by atoms with Crippen LogP contribution >= 0.6 is 34.8 Å². The molecule has 4 aliphatic carbocycles. The number of halogens is 3. The molecule has 0 aliphatic heterocycles. The van der Waals surface area contributed by atoms with E-state index in [0.29, 0.717) is 17.8 Å². The van der Waals surface area contributed by atoms with Crippen LogP contribution in [0.15, 0.2) is 0 Å². The fraction of sp³-hybridized carbons (Fsp3) is 0.917. The van der Waals surface area contributed by atoms with Gasteiger partial charge in [-0.15, -0.1) is 0 Å². The standard InChI is InChI=1S/C12H15Cl3O2/c13-12(14,15)10(16)17-11-4-7-1-8(5-11)3-9(2-7)6-11/h7-9H,1-6H2. The average molecular weight is 298 g/mol. The maximum Gasteiger partial charge on any atom is 0.359 e. The molecule has 96 valence electrons. The van der Waals surface area contributed by atoms with Gasteiger partial charge in [0.15, 0.2) is 0 Å². The minimum absolute atomic E-state index is 0.324. The molecule has 0 aromatic heterocycles. The molecular weight excluding hydrogens is 282 g/mol. The van der Waals surface area contributed by atoms with Gasteiger partial charge in [0, 0.05) is 0 Å². The van der Waals surface area contributed by atoms with Crippen molar-refractivity contribution in [1.29, 1.82) is 0 Å². The lowest BCUT2D eigenvalue weighted by atomic mass is 9.54. The summed E-state index contributed by atoms with van der Waals surface area (Å²) < 4.78 is 3.64. The van der Waals surface area contributed by atoms with E-state index < -0.39 is 9.76 Å². The maximum absolute atomic E-state index is 11.7. The topological polar surface area (TPSA) is 26.3 Å². The average Bonchev–Trinajstić information content (AvgIpc) is 2.12. The fourth-order valence-corrected chi connectivity index (χ4v) is 4.53. The molecule has 4 fully saturated rings. The van der Waals surface area contributed by atoms with Crippen LogP contribution in [0, 0.1) is 17.8 Å². The first-order valence-corrected chi connectivity index (χ1v) is 7.30. The van der Waals surface area contributed by atoms with Crippen molar-refractivity contribution in [2.75, 3.05) is 0 Å². The van der Waals surface area contributed by atoms with Crippen LogP contribution in [0.4, 0.5) is 0 Å². The van der Waals surface area contributed by atoms with Crippen molar-refractivity contribution in [3.8, 4) is 0 Å². The molecule has 0 unspecified atom stereocenters. The van der Waals surface area contributed by atoms with Gasteiger partial charge in [-0.1, -0.05) is 34.8 Å². The minimum Gasteiger partial charge on any atom is -0.456 e. The molecule has 5 heteroatoms. The molecule has 0 N–H and O–H groups in total. The van der Waals surface area contributed by atoms with Crippen LogP contribution < -0.4 is 0 Å². The molecule has 0 aromatic rings. The van der Waals surface area contributed by atoms with Gasteiger partial charge in [-0.3, -0.25) is 0 Å². The van der Waals surface area contributed by atoms with Crippen LogP contribution in [0.3, 0.4) is 0 Å². The Balaban J connectivity index is 1.76. The van der Waals surface area contributed by atoms with Gasteiger partial charge in [0.05, 0.1) is 0 Å². The molecule has 0 aromatic carbocycles. The third-order valence-corrected chi connectivity index (χ3v) is 4.99. The van der Waals surface area contributed by atoms with Crippen LogP contribution in [0.25, 0.3) is 0 Å². The highest BCUT2D eigenvalue weighted by Gasteiger charge is 2.54. The molecule has 0 radical (unpaired) electrons. The van der Waals surface area contributed by atoms with Gasteiger partial charge in [0.1, 0.15) is 5.60 Å². The van der Waals surface area contributed by atoms with Gasteiger partial charge >= 0.3 is 5.97 Å². The van der Waals surface area contributed by atoms with Crippen molar-refractivity contribution in [2.45, 2.75) is 47.9 Å². The van der Waals surface area contributed by atoms with Gasteiger partial charge in [0.25, 0.3) is 3.79 Å². The fourth-order valence-electron chi connectivity index (χ4n) is 4.41. The van der Waals surface area contributed by atoms with Crippen molar-refractivity contribution in [3.05, 3.63) is 0 Å². The zero-order valence-electron chi connectivity index (χ0n) is 9.43. The van der Waals surface area contributed by atoms with Crippen LogP contribution in [-0.4, -0.2) is 15.4 Å². The quantitative estimate of drug-likeness (QED) is 0.542. The van der Waals surface area contributed by atoms with Crippen LogP contribution in [0.5, 0.6) is 0 Å². The molecule has 0 heterocycles. The largest absolute Gasteiger partial charge is 0.456 e. The predicted octanol–water partition coefficient (Wildman–Crippen LogP) is 3.87. The zero-order valence-corrected chi connectivity index (χ0v) is 11.7. The van der Waals surface area contributed by atoms with E-state index in [4.69, 9.17) is 39.5 Å². The lowest BCUT2D eigenvalue weighted by Crippen LogP contribution is -2.53. The Morgan fingerprint density at radius 1 is 1.00 bits per heavy atom. The second kappa shape index (κ2) is 3.91. The van der Waals surface area contributed by atoms with E-state index in [9.17, 15) is 4.79 Å². The Hall–Kier alpha value is 0.340.